The molecule has 0 spiro atoms. The van der Waals surface area contributed by atoms with Crippen LogP contribution < -0.4 is 10.8 Å². The number of carbonyl (C=O) groups is 2. The van der Waals surface area contributed by atoms with Gasteiger partial charge in [-0.25, -0.2) is 20.3 Å². The fourth-order valence-electron chi connectivity index (χ4n) is 10.2. The molecule has 3 heterocycles. The Hall–Kier alpha value is -5.04. The van der Waals surface area contributed by atoms with E-state index in [2.05, 4.69) is 66.7 Å². The fraction of sp³-hybridized carbons (Fsp3) is 0.395. The van der Waals surface area contributed by atoms with Gasteiger partial charge in [0.05, 0.1) is 22.4 Å². The number of thiazole rings is 1. The standard InChI is InChI=1S/C43H49N7O4S/c1-9-34-36(44-7)48-39(55-34)49-37(51)30-13-11-12-27-14-15-28(18-31(27)30)33-17-16-29(35(47-33)38(52)53)32-19-46-50(26(32)3)25-42(6)21-41(5)20-40(4,10-2)22-43(23-41,24-42)54-45-8/h9,11-19,45H,1,7,10,20-25H2,2-6,8H3,(H,52,53)(H,48,49,51). The largest absolute Gasteiger partial charge is 0.476 e. The van der Waals surface area contributed by atoms with Crippen molar-refractivity contribution in [2.24, 2.45) is 21.2 Å². The van der Waals surface area contributed by atoms with Crippen LogP contribution in [0.5, 0.6) is 0 Å². The van der Waals surface area contributed by atoms with Crippen LogP contribution in [0, 0.1) is 23.2 Å². The summed E-state index contributed by atoms with van der Waals surface area (Å²) >= 11 is 1.26. The van der Waals surface area contributed by atoms with Crippen molar-refractivity contribution in [3.63, 3.8) is 0 Å². The quantitative estimate of drug-likeness (QED) is 0.0843. The van der Waals surface area contributed by atoms with E-state index in [1.165, 1.54) is 11.3 Å². The van der Waals surface area contributed by atoms with E-state index >= 15 is 0 Å². The Labute approximate surface area is 325 Å². The van der Waals surface area contributed by atoms with Crippen molar-refractivity contribution < 1.29 is 19.5 Å². The second kappa shape index (κ2) is 14.2. The molecule has 1 amide bonds. The number of hydrogen-bond acceptors (Lipinski definition) is 9. The van der Waals surface area contributed by atoms with Gasteiger partial charge >= 0.3 is 5.97 Å². The van der Waals surface area contributed by atoms with E-state index in [1.807, 2.05) is 61.1 Å². The number of amides is 1. The number of nitrogens with one attached hydrogen (secondary N) is 2. The van der Waals surface area contributed by atoms with Crippen molar-refractivity contribution in [1.82, 2.24) is 25.2 Å². The first kappa shape index (κ1) is 38.2. The molecular formula is C43H49N7O4S. The number of pyridine rings is 1. The minimum Gasteiger partial charge on any atom is -0.476 e. The smallest absolute Gasteiger partial charge is 0.355 e. The first-order chi connectivity index (χ1) is 26.1. The molecule has 7 rings (SSSR count). The number of carboxylic acids is 1. The molecule has 4 unspecified atom stereocenters. The molecule has 3 aromatic heterocycles. The van der Waals surface area contributed by atoms with Crippen molar-refractivity contribution in [2.45, 2.75) is 85.3 Å². The van der Waals surface area contributed by atoms with E-state index in [0.29, 0.717) is 50.1 Å². The number of aromatic carboxylic acids is 1. The summed E-state index contributed by atoms with van der Waals surface area (Å²) in [5.41, 5.74) is 6.70. The van der Waals surface area contributed by atoms with E-state index in [1.54, 1.807) is 18.3 Å². The van der Waals surface area contributed by atoms with Gasteiger partial charge in [-0.2, -0.15) is 10.1 Å². The molecule has 2 aliphatic rings. The second-order valence-corrected chi connectivity index (χ2v) is 17.7. The molecule has 3 N–H and O–H groups in total. The molecule has 12 heteroatoms. The fourth-order valence-corrected chi connectivity index (χ4v) is 11.0. The van der Waals surface area contributed by atoms with Crippen molar-refractivity contribution >= 4 is 57.7 Å². The topological polar surface area (TPSA) is 144 Å². The van der Waals surface area contributed by atoms with E-state index in [-0.39, 0.29) is 33.4 Å². The Kier molecular flexibility index (Phi) is 9.89. The summed E-state index contributed by atoms with van der Waals surface area (Å²) in [6.07, 6.45) is 9.66. The molecule has 55 heavy (non-hydrogen) atoms. The van der Waals surface area contributed by atoms with Gasteiger partial charge in [0, 0.05) is 41.5 Å². The predicted octanol–water partition coefficient (Wildman–Crippen LogP) is 9.75. The lowest BCUT2D eigenvalue weighted by Crippen LogP contribution is -2.58. The van der Waals surface area contributed by atoms with Gasteiger partial charge in [0.15, 0.2) is 16.6 Å². The predicted molar refractivity (Wildman–Crippen MR) is 220 cm³/mol. The van der Waals surface area contributed by atoms with Gasteiger partial charge in [-0.3, -0.25) is 19.6 Å². The summed E-state index contributed by atoms with van der Waals surface area (Å²) in [5, 5.41) is 20.1. The number of benzene rings is 2. The third-order valence-electron chi connectivity index (χ3n) is 11.8. The van der Waals surface area contributed by atoms with Crippen molar-refractivity contribution in [3.8, 4) is 22.4 Å². The third-order valence-corrected chi connectivity index (χ3v) is 12.7. The molecule has 2 aliphatic carbocycles. The maximum Gasteiger partial charge on any atom is 0.355 e. The molecule has 2 aromatic carbocycles. The summed E-state index contributed by atoms with van der Waals surface area (Å²) in [7, 11) is 1.86. The molecule has 2 saturated carbocycles. The van der Waals surface area contributed by atoms with Gasteiger partial charge in [0.25, 0.3) is 5.91 Å². The number of nitrogens with zero attached hydrogens (tertiary/aromatic N) is 5. The molecule has 2 bridgehead atoms. The average molecular weight is 760 g/mol. The summed E-state index contributed by atoms with van der Waals surface area (Å²) in [5.74, 6) is -1.07. The summed E-state index contributed by atoms with van der Waals surface area (Å²) in [6.45, 7) is 19.5. The molecule has 0 saturated heterocycles. The molecule has 5 aromatic rings. The maximum atomic E-state index is 13.5. The summed E-state index contributed by atoms with van der Waals surface area (Å²) in [4.78, 5) is 46.4. The SMILES string of the molecule is C=Cc1sc(NC(=O)c2cccc3ccc(-c4ccc(-c5cnn(CC6(C)CC7(C)CC(C)(CC)CC(ONC)(C6)C7)c5C)c(C(=O)O)n4)cc23)nc1N=C. The molecule has 11 nitrogen and oxygen atoms in total. The summed E-state index contributed by atoms with van der Waals surface area (Å²) < 4.78 is 2.03. The lowest BCUT2D eigenvalue weighted by atomic mass is 9.47. The average Bonchev–Trinajstić information content (AvgIpc) is 3.70. The Morgan fingerprint density at radius 2 is 1.80 bits per heavy atom. The van der Waals surface area contributed by atoms with Crippen LogP contribution in [-0.2, 0) is 11.4 Å². The van der Waals surface area contributed by atoms with Crippen LogP contribution in [0.15, 0.2) is 66.3 Å². The zero-order valence-electron chi connectivity index (χ0n) is 32.5. The zero-order chi connectivity index (χ0) is 39.3. The zero-order valence-corrected chi connectivity index (χ0v) is 33.3. The monoisotopic (exact) mass is 759 g/mol. The van der Waals surface area contributed by atoms with Crippen LogP contribution in [0.25, 0.3) is 39.2 Å². The van der Waals surface area contributed by atoms with Gasteiger partial charge < -0.3 is 5.11 Å². The molecule has 4 atom stereocenters. The van der Waals surface area contributed by atoms with Crippen molar-refractivity contribution in [3.05, 3.63) is 83.1 Å². The van der Waals surface area contributed by atoms with Gasteiger partial charge in [0.2, 0.25) is 0 Å². The molecule has 0 radical (unpaired) electrons. The lowest BCUT2D eigenvalue weighted by Gasteiger charge is -2.61. The Balaban J connectivity index is 1.18. The number of rotatable bonds is 12. The highest BCUT2D eigenvalue weighted by molar-refractivity contribution is 7.17. The Morgan fingerprint density at radius 3 is 2.49 bits per heavy atom. The Bertz CT molecular complexity index is 2320. The van der Waals surface area contributed by atoms with Crippen molar-refractivity contribution in [1.29, 1.82) is 0 Å². The van der Waals surface area contributed by atoms with E-state index in [4.69, 9.17) is 9.94 Å². The second-order valence-electron chi connectivity index (χ2n) is 16.6. The number of carboxylic acid groups (broad SMARTS) is 1. The van der Waals surface area contributed by atoms with Crippen LogP contribution >= 0.6 is 11.3 Å². The number of aliphatic imine (C=N–C) groups is 1. The first-order valence-corrected chi connectivity index (χ1v) is 19.5. The van der Waals surface area contributed by atoms with Crippen LogP contribution in [0.4, 0.5) is 10.9 Å². The number of carbonyl (C=O) groups excluding carboxylic acids is 1. The van der Waals surface area contributed by atoms with Gasteiger partial charge in [-0.05, 0) is 103 Å². The van der Waals surface area contributed by atoms with E-state index in [9.17, 15) is 14.7 Å². The van der Waals surface area contributed by atoms with E-state index < -0.39 is 5.97 Å². The number of fused-ring (bicyclic) bond motifs is 3. The first-order valence-electron chi connectivity index (χ1n) is 18.7. The molecule has 0 aliphatic heterocycles. The molecular weight excluding hydrogens is 711 g/mol. The summed E-state index contributed by atoms with van der Waals surface area (Å²) in [6, 6.07) is 14.8. The van der Waals surface area contributed by atoms with Crippen LogP contribution in [0.3, 0.4) is 0 Å². The highest BCUT2D eigenvalue weighted by atomic mass is 32.1. The lowest BCUT2D eigenvalue weighted by molar-refractivity contribution is -0.220. The van der Waals surface area contributed by atoms with Crippen LogP contribution in [0.2, 0.25) is 0 Å². The molecule has 286 valence electrons. The van der Waals surface area contributed by atoms with E-state index in [0.717, 1.165) is 55.2 Å². The molecule has 2 fully saturated rings. The van der Waals surface area contributed by atoms with Gasteiger partial charge in [-0.15, -0.1) is 0 Å². The van der Waals surface area contributed by atoms with Crippen LogP contribution in [0.1, 0.15) is 97.6 Å². The highest BCUT2D eigenvalue weighted by Crippen LogP contribution is 2.64. The highest BCUT2D eigenvalue weighted by Gasteiger charge is 2.59. The Morgan fingerprint density at radius 1 is 1.04 bits per heavy atom. The van der Waals surface area contributed by atoms with Gasteiger partial charge in [-0.1, -0.05) is 76.3 Å². The van der Waals surface area contributed by atoms with Crippen LogP contribution in [-0.4, -0.2) is 56.1 Å². The number of hydrogen-bond donors (Lipinski definition) is 3. The minimum absolute atomic E-state index is 0.0640. The maximum absolute atomic E-state index is 13.5. The third kappa shape index (κ3) is 7.26. The van der Waals surface area contributed by atoms with Crippen molar-refractivity contribution in [2.75, 3.05) is 12.4 Å². The van der Waals surface area contributed by atoms with Gasteiger partial charge in [0.1, 0.15) is 0 Å². The normalized spacial score (nSPS) is 24.8. The number of aromatic nitrogens is 4. The number of anilines is 1. The number of hydroxylamine groups is 1. The minimum atomic E-state index is -1.13.